The van der Waals surface area contributed by atoms with Gasteiger partial charge in [0.15, 0.2) is 0 Å². The number of carbonyl (C=O) groups is 2. The van der Waals surface area contributed by atoms with E-state index in [4.69, 9.17) is 4.42 Å². The molecule has 4 N–H and O–H groups in total. The van der Waals surface area contributed by atoms with Crippen LogP contribution in [0.1, 0.15) is 24.9 Å². The van der Waals surface area contributed by atoms with Gasteiger partial charge in [-0.3, -0.25) is 14.5 Å². The molecule has 1 unspecified atom stereocenters. The van der Waals surface area contributed by atoms with Gasteiger partial charge in [0.1, 0.15) is 11.5 Å². The number of aryl methyl sites for hydroxylation is 1. The molecule has 1 aromatic rings. The van der Waals surface area contributed by atoms with E-state index in [0.29, 0.717) is 19.6 Å². The third kappa shape index (κ3) is 4.56. The van der Waals surface area contributed by atoms with Crippen LogP contribution in [-0.4, -0.2) is 64.8 Å². The number of hydrogen-bond acceptors (Lipinski definition) is 6. The molecule has 0 aromatic carbocycles. The summed E-state index contributed by atoms with van der Waals surface area (Å²) in [5.41, 5.74) is -1.11. The number of piperazine rings is 1. The Kier molecular flexibility index (Phi) is 5.98. The summed E-state index contributed by atoms with van der Waals surface area (Å²) in [4.78, 5) is 26.3. The van der Waals surface area contributed by atoms with Gasteiger partial charge in [-0.25, -0.2) is 0 Å². The van der Waals surface area contributed by atoms with Gasteiger partial charge in [0, 0.05) is 13.1 Å². The Morgan fingerprint density at radius 1 is 1.46 bits per heavy atom. The van der Waals surface area contributed by atoms with Gasteiger partial charge >= 0.3 is 0 Å². The third-order valence-electron chi connectivity index (χ3n) is 4.11. The largest absolute Gasteiger partial charge is 0.465 e. The number of aliphatic hydroxyl groups is 2. The number of rotatable bonds is 7. The van der Waals surface area contributed by atoms with Crippen LogP contribution >= 0.6 is 0 Å². The molecule has 1 aromatic heterocycles. The Bertz CT molecular complexity index is 582. The van der Waals surface area contributed by atoms with Gasteiger partial charge in [0.2, 0.25) is 11.8 Å². The number of nitrogens with one attached hydrogen (secondary N) is 2. The number of nitrogens with zero attached hydrogens (tertiary/aromatic N) is 1. The van der Waals surface area contributed by atoms with Crippen molar-refractivity contribution in [2.75, 3.05) is 26.3 Å². The zero-order valence-corrected chi connectivity index (χ0v) is 14.0. The van der Waals surface area contributed by atoms with Crippen molar-refractivity contribution in [3.05, 3.63) is 23.7 Å². The standard InChI is InChI=1S/C16H25N3O5/c1-11-3-4-12(24-11)8-19-6-5-17-15(23)13(19)7-14(22)18-16(2,9-20)10-21/h3-4,13,20-21H,5-10H2,1-2H3,(H,17,23)(H,18,22). The van der Waals surface area contributed by atoms with Crippen LogP contribution in [0.5, 0.6) is 0 Å². The fourth-order valence-corrected chi connectivity index (χ4v) is 2.64. The summed E-state index contributed by atoms with van der Waals surface area (Å²) in [6.07, 6.45) is -0.0545. The Morgan fingerprint density at radius 2 is 2.17 bits per heavy atom. The SMILES string of the molecule is Cc1ccc(CN2CCNC(=O)C2CC(=O)NC(C)(CO)CO)o1. The molecular weight excluding hydrogens is 314 g/mol. The number of carbonyl (C=O) groups excluding carboxylic acids is 2. The summed E-state index contributed by atoms with van der Waals surface area (Å²) in [6, 6.07) is 3.09. The smallest absolute Gasteiger partial charge is 0.237 e. The first-order valence-corrected chi connectivity index (χ1v) is 7.96. The minimum absolute atomic E-state index is 0.0545. The van der Waals surface area contributed by atoms with E-state index in [2.05, 4.69) is 10.6 Å². The van der Waals surface area contributed by atoms with Crippen molar-refractivity contribution in [1.29, 1.82) is 0 Å². The molecule has 0 radical (unpaired) electrons. The molecule has 0 aliphatic carbocycles. The summed E-state index contributed by atoms with van der Waals surface area (Å²) in [5, 5.41) is 23.9. The summed E-state index contributed by atoms with van der Waals surface area (Å²) in [5.74, 6) is 0.920. The third-order valence-corrected chi connectivity index (χ3v) is 4.11. The van der Waals surface area contributed by atoms with Crippen LogP contribution in [0.3, 0.4) is 0 Å². The number of aliphatic hydroxyl groups excluding tert-OH is 2. The molecule has 8 heteroatoms. The van der Waals surface area contributed by atoms with Crippen LogP contribution in [0, 0.1) is 6.92 Å². The van der Waals surface area contributed by atoms with Crippen molar-refractivity contribution >= 4 is 11.8 Å². The first kappa shape index (κ1) is 18.4. The summed E-state index contributed by atoms with van der Waals surface area (Å²) in [6.45, 7) is 4.18. The lowest BCUT2D eigenvalue weighted by Gasteiger charge is -2.35. The van der Waals surface area contributed by atoms with E-state index in [0.717, 1.165) is 11.5 Å². The molecule has 1 aliphatic rings. The molecule has 1 saturated heterocycles. The Morgan fingerprint density at radius 3 is 2.75 bits per heavy atom. The molecule has 24 heavy (non-hydrogen) atoms. The Balaban J connectivity index is 2.03. The van der Waals surface area contributed by atoms with Gasteiger partial charge in [-0.1, -0.05) is 0 Å². The van der Waals surface area contributed by atoms with E-state index in [1.54, 1.807) is 0 Å². The highest BCUT2D eigenvalue weighted by molar-refractivity contribution is 5.89. The molecule has 1 aliphatic heterocycles. The average molecular weight is 339 g/mol. The molecule has 0 spiro atoms. The highest BCUT2D eigenvalue weighted by atomic mass is 16.3. The van der Waals surface area contributed by atoms with Gasteiger partial charge in [-0.05, 0) is 26.0 Å². The van der Waals surface area contributed by atoms with Crippen LogP contribution in [0.25, 0.3) is 0 Å². The monoisotopic (exact) mass is 339 g/mol. The van der Waals surface area contributed by atoms with Gasteiger partial charge in [-0.2, -0.15) is 0 Å². The van der Waals surface area contributed by atoms with Crippen LogP contribution in [0.15, 0.2) is 16.5 Å². The fourth-order valence-electron chi connectivity index (χ4n) is 2.64. The minimum atomic E-state index is -1.11. The average Bonchev–Trinajstić information content (AvgIpc) is 2.95. The van der Waals surface area contributed by atoms with E-state index in [1.165, 1.54) is 6.92 Å². The highest BCUT2D eigenvalue weighted by Gasteiger charge is 2.34. The maximum Gasteiger partial charge on any atom is 0.237 e. The van der Waals surface area contributed by atoms with Gasteiger partial charge in [0.25, 0.3) is 0 Å². The molecule has 0 saturated carbocycles. The molecule has 1 atom stereocenters. The normalized spacial score (nSPS) is 19.2. The first-order chi connectivity index (χ1) is 11.4. The maximum absolute atomic E-state index is 12.2. The number of amides is 2. The zero-order valence-electron chi connectivity index (χ0n) is 14.0. The lowest BCUT2D eigenvalue weighted by Crippen LogP contribution is -2.58. The van der Waals surface area contributed by atoms with Gasteiger partial charge < -0.3 is 25.3 Å². The fraction of sp³-hybridized carbons (Fsp3) is 0.625. The van der Waals surface area contributed by atoms with Crippen LogP contribution < -0.4 is 10.6 Å². The van der Waals surface area contributed by atoms with Crippen molar-refractivity contribution in [2.24, 2.45) is 0 Å². The van der Waals surface area contributed by atoms with E-state index < -0.39 is 17.5 Å². The second-order valence-electron chi connectivity index (χ2n) is 6.42. The second-order valence-corrected chi connectivity index (χ2v) is 6.42. The molecule has 2 heterocycles. The zero-order chi connectivity index (χ0) is 17.7. The number of furan rings is 1. The molecule has 2 amide bonds. The summed E-state index contributed by atoms with van der Waals surface area (Å²) in [7, 11) is 0. The van der Waals surface area contributed by atoms with Crippen molar-refractivity contribution in [2.45, 2.75) is 38.4 Å². The molecule has 8 nitrogen and oxygen atoms in total. The summed E-state index contributed by atoms with van der Waals surface area (Å²) < 4.78 is 5.55. The van der Waals surface area contributed by atoms with Crippen LogP contribution in [-0.2, 0) is 16.1 Å². The number of hydrogen-bond donors (Lipinski definition) is 4. The second kappa shape index (κ2) is 7.78. The van der Waals surface area contributed by atoms with Gasteiger partial charge in [-0.15, -0.1) is 0 Å². The van der Waals surface area contributed by atoms with E-state index in [1.807, 2.05) is 24.0 Å². The molecule has 2 rings (SSSR count). The molecule has 1 fully saturated rings. The van der Waals surface area contributed by atoms with Crippen molar-refractivity contribution < 1.29 is 24.2 Å². The minimum Gasteiger partial charge on any atom is -0.465 e. The van der Waals surface area contributed by atoms with E-state index in [9.17, 15) is 19.8 Å². The summed E-state index contributed by atoms with van der Waals surface area (Å²) >= 11 is 0. The molecule has 0 bridgehead atoms. The predicted molar refractivity (Wildman–Crippen MR) is 86.0 cm³/mol. The predicted octanol–water partition coefficient (Wildman–Crippen LogP) is -0.862. The lowest BCUT2D eigenvalue weighted by molar-refractivity contribution is -0.135. The van der Waals surface area contributed by atoms with Crippen molar-refractivity contribution in [1.82, 2.24) is 15.5 Å². The van der Waals surface area contributed by atoms with Crippen LogP contribution in [0.4, 0.5) is 0 Å². The van der Waals surface area contributed by atoms with Crippen molar-refractivity contribution in [3.63, 3.8) is 0 Å². The maximum atomic E-state index is 12.2. The van der Waals surface area contributed by atoms with Crippen molar-refractivity contribution in [3.8, 4) is 0 Å². The molecular formula is C16H25N3O5. The van der Waals surface area contributed by atoms with E-state index >= 15 is 0 Å². The lowest BCUT2D eigenvalue weighted by atomic mass is 10.0. The first-order valence-electron chi connectivity index (χ1n) is 7.96. The van der Waals surface area contributed by atoms with Gasteiger partial charge in [0.05, 0.1) is 37.8 Å². The van der Waals surface area contributed by atoms with E-state index in [-0.39, 0.29) is 25.5 Å². The van der Waals surface area contributed by atoms with Crippen LogP contribution in [0.2, 0.25) is 0 Å². The topological polar surface area (TPSA) is 115 Å². The Labute approximate surface area is 140 Å². The highest BCUT2D eigenvalue weighted by Crippen LogP contribution is 2.16. The molecule has 134 valence electrons. The quantitative estimate of drug-likeness (QED) is 0.514. The Hall–Kier alpha value is -1.90.